The molecule has 0 aliphatic heterocycles. The Kier molecular flexibility index (Phi) is 6.06. The molecule has 3 aromatic rings. The van der Waals surface area contributed by atoms with Crippen molar-refractivity contribution in [2.45, 2.75) is 20.3 Å². The molecule has 0 fully saturated rings. The lowest BCUT2D eigenvalue weighted by Gasteiger charge is -2.17. The molecule has 0 spiro atoms. The van der Waals surface area contributed by atoms with Gasteiger partial charge in [0.15, 0.2) is 5.65 Å². The maximum absolute atomic E-state index is 13.4. The molecule has 2 aromatic heterocycles. The lowest BCUT2D eigenvalue weighted by Crippen LogP contribution is -2.25. The monoisotopic (exact) mass is 376 g/mol. The predicted molar refractivity (Wildman–Crippen MR) is 101 cm³/mol. The summed E-state index contributed by atoms with van der Waals surface area (Å²) in [7, 11) is 0. The van der Waals surface area contributed by atoms with Crippen LogP contribution < -0.4 is 4.74 Å². The maximum Gasteiger partial charge on any atom is 0.231 e. The second-order valence-electron chi connectivity index (χ2n) is 5.94. The van der Waals surface area contributed by atoms with Crippen molar-refractivity contribution >= 4 is 17.2 Å². The first-order chi connectivity index (χ1) is 12.6. The number of ether oxygens (including phenoxy) is 1. The third kappa shape index (κ3) is 4.14. The van der Waals surface area contributed by atoms with Crippen molar-refractivity contribution in [2.75, 3.05) is 26.2 Å². The van der Waals surface area contributed by atoms with Gasteiger partial charge < -0.3 is 9.64 Å². The average molecular weight is 377 g/mol. The Bertz CT molecular complexity index is 879. The Balaban J connectivity index is 1.74. The highest BCUT2D eigenvalue weighted by Gasteiger charge is 2.10. The molecule has 0 N–H and O–H groups in total. The Morgan fingerprint density at radius 2 is 2.00 bits per heavy atom. The molecule has 0 atom stereocenters. The fourth-order valence-electron chi connectivity index (χ4n) is 2.79. The van der Waals surface area contributed by atoms with Crippen LogP contribution in [0.15, 0.2) is 36.5 Å². The molecule has 0 amide bonds. The Morgan fingerprint density at radius 3 is 2.73 bits per heavy atom. The van der Waals surface area contributed by atoms with Gasteiger partial charge in [-0.3, -0.25) is 0 Å². The first-order valence-electron chi connectivity index (χ1n) is 8.77. The third-order valence-corrected chi connectivity index (χ3v) is 4.61. The molecule has 1 aromatic carbocycles. The first kappa shape index (κ1) is 18.6. The van der Waals surface area contributed by atoms with Crippen LogP contribution in [0.5, 0.6) is 5.88 Å². The van der Waals surface area contributed by atoms with E-state index in [9.17, 15) is 4.39 Å². The van der Waals surface area contributed by atoms with E-state index in [1.165, 1.54) is 6.07 Å². The largest absolute Gasteiger partial charge is 0.477 e. The summed E-state index contributed by atoms with van der Waals surface area (Å²) in [6.07, 6.45) is 2.63. The Labute approximate surface area is 157 Å². The molecule has 5 nitrogen and oxygen atoms in total. The van der Waals surface area contributed by atoms with Crippen LogP contribution >= 0.6 is 11.6 Å². The summed E-state index contributed by atoms with van der Waals surface area (Å²) in [5, 5.41) is 4.57. The number of aromatic nitrogens is 3. The molecule has 0 saturated heterocycles. The third-order valence-electron chi connectivity index (χ3n) is 4.32. The minimum atomic E-state index is -0.450. The highest BCUT2D eigenvalue weighted by atomic mass is 35.5. The number of hydrogen-bond donors (Lipinski definition) is 0. The van der Waals surface area contributed by atoms with Crippen molar-refractivity contribution in [3.63, 3.8) is 0 Å². The highest BCUT2D eigenvalue weighted by Crippen LogP contribution is 2.25. The molecular formula is C19H22ClFN4O. The Morgan fingerprint density at radius 1 is 1.19 bits per heavy atom. The van der Waals surface area contributed by atoms with Crippen LogP contribution in [0.25, 0.3) is 16.9 Å². The molecule has 0 unspecified atom stereocenters. The SMILES string of the molecule is CCN(CC)CCCOc1ccc2ncc(-c3ccc(F)c(Cl)c3)n2n1. The second kappa shape index (κ2) is 8.47. The van der Waals surface area contributed by atoms with Gasteiger partial charge in [0, 0.05) is 18.2 Å². The van der Waals surface area contributed by atoms with Crippen LogP contribution in [-0.2, 0) is 0 Å². The molecule has 3 rings (SSSR count). The van der Waals surface area contributed by atoms with Crippen molar-refractivity contribution in [2.24, 2.45) is 0 Å². The van der Waals surface area contributed by atoms with Crippen LogP contribution in [0.3, 0.4) is 0 Å². The number of nitrogens with zero attached hydrogens (tertiary/aromatic N) is 4. The molecule has 0 bridgehead atoms. The standard InChI is InChI=1S/C19H22ClFN4O/c1-3-24(4-2)10-5-11-26-19-9-8-18-22-13-17(25(18)23-19)14-6-7-16(21)15(20)12-14/h6-9,12-13H,3-5,10-11H2,1-2H3. The van der Waals surface area contributed by atoms with E-state index in [0.717, 1.165) is 37.3 Å². The predicted octanol–water partition coefficient (Wildman–Crippen LogP) is 4.30. The van der Waals surface area contributed by atoms with Gasteiger partial charge in [0.1, 0.15) is 5.82 Å². The van der Waals surface area contributed by atoms with Gasteiger partial charge in [0.05, 0.1) is 23.5 Å². The number of imidazole rings is 1. The van der Waals surface area contributed by atoms with Crippen LogP contribution in [0, 0.1) is 5.82 Å². The first-order valence-corrected chi connectivity index (χ1v) is 9.15. The van der Waals surface area contributed by atoms with E-state index in [1.54, 1.807) is 28.9 Å². The minimum absolute atomic E-state index is 0.0706. The average Bonchev–Trinajstić information content (AvgIpc) is 3.07. The van der Waals surface area contributed by atoms with Gasteiger partial charge in [-0.15, -0.1) is 5.10 Å². The van der Waals surface area contributed by atoms with Crippen LogP contribution in [-0.4, -0.2) is 45.7 Å². The number of hydrogen-bond acceptors (Lipinski definition) is 4. The van der Waals surface area contributed by atoms with Crippen LogP contribution in [0.4, 0.5) is 4.39 Å². The summed E-state index contributed by atoms with van der Waals surface area (Å²) in [6, 6.07) is 8.22. The molecule has 0 aliphatic carbocycles. The van der Waals surface area contributed by atoms with Crippen LogP contribution in [0.2, 0.25) is 5.02 Å². The number of halogens is 2. The van der Waals surface area contributed by atoms with Crippen molar-refractivity contribution in [1.29, 1.82) is 0 Å². The topological polar surface area (TPSA) is 42.7 Å². The van der Waals surface area contributed by atoms with Gasteiger partial charge in [-0.05, 0) is 43.8 Å². The van der Waals surface area contributed by atoms with E-state index < -0.39 is 5.82 Å². The van der Waals surface area contributed by atoms with Crippen molar-refractivity contribution in [1.82, 2.24) is 19.5 Å². The van der Waals surface area contributed by atoms with Gasteiger partial charge in [-0.2, -0.15) is 0 Å². The Hall–Kier alpha value is -2.18. The maximum atomic E-state index is 13.4. The molecule has 0 radical (unpaired) electrons. The van der Waals surface area contributed by atoms with Gasteiger partial charge in [-0.25, -0.2) is 13.9 Å². The normalized spacial score (nSPS) is 11.4. The number of benzene rings is 1. The number of rotatable bonds is 8. The zero-order valence-electron chi connectivity index (χ0n) is 15.0. The molecular weight excluding hydrogens is 355 g/mol. The van der Waals surface area contributed by atoms with Gasteiger partial charge in [-0.1, -0.05) is 25.4 Å². The van der Waals surface area contributed by atoms with Gasteiger partial charge in [0.2, 0.25) is 5.88 Å². The summed E-state index contributed by atoms with van der Waals surface area (Å²) in [6.45, 7) is 7.99. The van der Waals surface area contributed by atoms with Gasteiger partial charge in [0.25, 0.3) is 0 Å². The zero-order chi connectivity index (χ0) is 18.5. The quantitative estimate of drug-likeness (QED) is 0.550. The summed E-state index contributed by atoms with van der Waals surface area (Å²) in [5.74, 6) is 0.0823. The van der Waals surface area contributed by atoms with E-state index in [1.807, 2.05) is 6.07 Å². The lowest BCUT2D eigenvalue weighted by atomic mass is 10.2. The number of fused-ring (bicyclic) bond motifs is 1. The van der Waals surface area contributed by atoms with Gasteiger partial charge >= 0.3 is 0 Å². The smallest absolute Gasteiger partial charge is 0.231 e. The second-order valence-corrected chi connectivity index (χ2v) is 6.35. The molecule has 26 heavy (non-hydrogen) atoms. The van der Waals surface area contributed by atoms with E-state index >= 15 is 0 Å². The molecule has 138 valence electrons. The summed E-state index contributed by atoms with van der Waals surface area (Å²) in [5.41, 5.74) is 2.17. The summed E-state index contributed by atoms with van der Waals surface area (Å²) >= 11 is 5.89. The fourth-order valence-corrected chi connectivity index (χ4v) is 2.97. The van der Waals surface area contributed by atoms with E-state index in [-0.39, 0.29) is 5.02 Å². The zero-order valence-corrected chi connectivity index (χ0v) is 15.7. The summed E-state index contributed by atoms with van der Waals surface area (Å²) in [4.78, 5) is 6.68. The van der Waals surface area contributed by atoms with E-state index in [0.29, 0.717) is 18.1 Å². The van der Waals surface area contributed by atoms with E-state index in [4.69, 9.17) is 16.3 Å². The van der Waals surface area contributed by atoms with Crippen LogP contribution in [0.1, 0.15) is 20.3 Å². The van der Waals surface area contributed by atoms with Crippen molar-refractivity contribution in [3.8, 4) is 17.1 Å². The molecule has 0 aliphatic rings. The van der Waals surface area contributed by atoms with Crippen molar-refractivity contribution < 1.29 is 9.13 Å². The molecule has 7 heteroatoms. The van der Waals surface area contributed by atoms with Crippen molar-refractivity contribution in [3.05, 3.63) is 47.4 Å². The minimum Gasteiger partial charge on any atom is -0.477 e. The molecule has 2 heterocycles. The fraction of sp³-hybridized carbons (Fsp3) is 0.368. The highest BCUT2D eigenvalue weighted by molar-refractivity contribution is 6.31. The summed E-state index contributed by atoms with van der Waals surface area (Å²) < 4.78 is 20.9. The van der Waals surface area contributed by atoms with E-state index in [2.05, 4.69) is 28.8 Å². The molecule has 0 saturated carbocycles. The lowest BCUT2D eigenvalue weighted by molar-refractivity contribution is 0.242.